The zero-order chi connectivity index (χ0) is 17.0. The predicted molar refractivity (Wildman–Crippen MR) is 90.8 cm³/mol. The molecule has 7 heteroatoms. The van der Waals surface area contributed by atoms with Crippen LogP contribution in [0.3, 0.4) is 0 Å². The fourth-order valence-corrected chi connectivity index (χ4v) is 2.87. The molecule has 1 aliphatic rings. The first kappa shape index (κ1) is 17.8. The lowest BCUT2D eigenvalue weighted by atomic mass is 9.98. The third kappa shape index (κ3) is 5.53. The predicted octanol–water partition coefficient (Wildman–Crippen LogP) is 3.21. The van der Waals surface area contributed by atoms with Crippen molar-refractivity contribution in [2.45, 2.75) is 39.2 Å². The first-order valence-electron chi connectivity index (χ1n) is 7.92. The molecule has 0 unspecified atom stereocenters. The van der Waals surface area contributed by atoms with Gasteiger partial charge >= 0.3 is 6.09 Å². The number of likely N-dealkylation sites (tertiary alicyclic amines) is 1. The van der Waals surface area contributed by atoms with E-state index in [9.17, 15) is 4.79 Å². The normalized spacial score (nSPS) is 18.7. The summed E-state index contributed by atoms with van der Waals surface area (Å²) in [6.07, 6.45) is 3.50. The Morgan fingerprint density at radius 1 is 1.52 bits per heavy atom. The molecule has 1 saturated heterocycles. The molecular formula is C16H25ClN4O2. The van der Waals surface area contributed by atoms with E-state index >= 15 is 0 Å². The van der Waals surface area contributed by atoms with Crippen molar-refractivity contribution in [3.8, 4) is 0 Å². The molecule has 1 aromatic rings. The molecule has 6 nitrogen and oxygen atoms in total. The molecule has 0 bridgehead atoms. The number of carbonyl (C=O) groups is 1. The van der Waals surface area contributed by atoms with Gasteiger partial charge in [-0.25, -0.2) is 14.8 Å². The fourth-order valence-electron chi connectivity index (χ4n) is 2.73. The van der Waals surface area contributed by atoms with Crippen LogP contribution in [0, 0.1) is 5.92 Å². The number of anilines is 1. The summed E-state index contributed by atoms with van der Waals surface area (Å²) in [5.41, 5.74) is -0.460. The summed E-state index contributed by atoms with van der Waals surface area (Å²) in [7, 11) is 1.98. The van der Waals surface area contributed by atoms with E-state index in [2.05, 4.69) is 14.9 Å². The molecule has 1 atom stereocenters. The summed E-state index contributed by atoms with van der Waals surface area (Å²) in [5.74, 6) is 1.18. The number of hydrogen-bond acceptors (Lipinski definition) is 5. The molecule has 2 heterocycles. The molecule has 2 rings (SSSR count). The molecule has 0 spiro atoms. The number of amides is 1. The van der Waals surface area contributed by atoms with E-state index in [1.807, 2.05) is 33.9 Å². The maximum atomic E-state index is 12.2. The van der Waals surface area contributed by atoms with Gasteiger partial charge in [-0.15, -0.1) is 0 Å². The van der Waals surface area contributed by atoms with Gasteiger partial charge in [0.15, 0.2) is 0 Å². The van der Waals surface area contributed by atoms with Crippen LogP contribution in [0.2, 0.25) is 5.28 Å². The second-order valence-electron chi connectivity index (χ2n) is 7.00. The van der Waals surface area contributed by atoms with E-state index in [1.54, 1.807) is 11.1 Å². The number of nitrogens with zero attached hydrogens (tertiary/aromatic N) is 4. The molecule has 0 aliphatic carbocycles. The third-order valence-electron chi connectivity index (χ3n) is 3.71. The van der Waals surface area contributed by atoms with Crippen LogP contribution in [0.25, 0.3) is 0 Å². The lowest BCUT2D eigenvalue weighted by Gasteiger charge is -2.35. The highest BCUT2D eigenvalue weighted by Gasteiger charge is 2.28. The average Bonchev–Trinajstić information content (AvgIpc) is 2.45. The summed E-state index contributed by atoms with van der Waals surface area (Å²) in [4.78, 5) is 24.2. The number of piperidine rings is 1. The lowest BCUT2D eigenvalue weighted by molar-refractivity contribution is 0.0170. The molecule has 0 aromatic carbocycles. The largest absolute Gasteiger partial charge is 0.444 e. The SMILES string of the molecule is CN(C[C@H]1CCCN(C(=O)OC(C)(C)C)C1)c1ccnc(Cl)n1. The summed E-state index contributed by atoms with van der Waals surface area (Å²) in [5, 5.41) is 0.244. The van der Waals surface area contributed by atoms with Crippen LogP contribution in [0.15, 0.2) is 12.3 Å². The number of rotatable bonds is 3. The quantitative estimate of drug-likeness (QED) is 0.791. The van der Waals surface area contributed by atoms with Gasteiger partial charge in [0, 0.05) is 32.9 Å². The van der Waals surface area contributed by atoms with Gasteiger partial charge in [0.1, 0.15) is 11.4 Å². The van der Waals surface area contributed by atoms with Gasteiger partial charge in [-0.05, 0) is 57.2 Å². The van der Waals surface area contributed by atoms with Gasteiger partial charge in [-0.2, -0.15) is 0 Å². The highest BCUT2D eigenvalue weighted by atomic mass is 35.5. The Kier molecular flexibility index (Phi) is 5.68. The second kappa shape index (κ2) is 7.34. The smallest absolute Gasteiger partial charge is 0.410 e. The third-order valence-corrected chi connectivity index (χ3v) is 3.89. The molecular weight excluding hydrogens is 316 g/mol. The van der Waals surface area contributed by atoms with Crippen molar-refractivity contribution in [3.05, 3.63) is 17.5 Å². The van der Waals surface area contributed by atoms with Gasteiger partial charge in [-0.1, -0.05) is 0 Å². The highest BCUT2D eigenvalue weighted by Crippen LogP contribution is 2.21. The lowest BCUT2D eigenvalue weighted by Crippen LogP contribution is -2.45. The van der Waals surface area contributed by atoms with Crippen LogP contribution in [0.5, 0.6) is 0 Å². The Hall–Kier alpha value is -1.56. The van der Waals surface area contributed by atoms with E-state index < -0.39 is 5.60 Å². The Balaban J connectivity index is 1.92. The molecule has 0 N–H and O–H groups in total. The van der Waals surface area contributed by atoms with Crippen molar-refractivity contribution in [3.63, 3.8) is 0 Å². The monoisotopic (exact) mass is 340 g/mol. The van der Waals surface area contributed by atoms with E-state index in [1.165, 1.54) is 0 Å². The van der Waals surface area contributed by atoms with E-state index in [0.29, 0.717) is 12.5 Å². The van der Waals surface area contributed by atoms with Crippen LogP contribution in [-0.2, 0) is 4.74 Å². The molecule has 1 amide bonds. The Bertz CT molecular complexity index is 547. The number of aromatic nitrogens is 2. The van der Waals surface area contributed by atoms with Gasteiger partial charge in [0.25, 0.3) is 0 Å². The molecule has 0 saturated carbocycles. The van der Waals surface area contributed by atoms with Gasteiger partial charge in [-0.3, -0.25) is 0 Å². The van der Waals surface area contributed by atoms with E-state index in [0.717, 1.165) is 31.7 Å². The Morgan fingerprint density at radius 3 is 2.91 bits per heavy atom. The maximum Gasteiger partial charge on any atom is 0.410 e. The van der Waals surface area contributed by atoms with Crippen molar-refractivity contribution < 1.29 is 9.53 Å². The molecule has 128 valence electrons. The van der Waals surface area contributed by atoms with Crippen LogP contribution in [0.1, 0.15) is 33.6 Å². The summed E-state index contributed by atoms with van der Waals surface area (Å²) in [6, 6.07) is 1.83. The first-order valence-corrected chi connectivity index (χ1v) is 8.30. The standard InChI is InChI=1S/C16H25ClN4O2/c1-16(2,3)23-15(22)21-9-5-6-12(11-21)10-20(4)13-7-8-18-14(17)19-13/h7-8,12H,5-6,9-11H2,1-4H3/t12-/m1/s1. The highest BCUT2D eigenvalue weighted by molar-refractivity contribution is 6.28. The minimum Gasteiger partial charge on any atom is -0.444 e. The molecule has 1 aromatic heterocycles. The number of ether oxygens (including phenoxy) is 1. The summed E-state index contributed by atoms with van der Waals surface area (Å²) >= 11 is 5.84. The molecule has 23 heavy (non-hydrogen) atoms. The Morgan fingerprint density at radius 2 is 2.26 bits per heavy atom. The zero-order valence-corrected chi connectivity index (χ0v) is 15.0. The summed E-state index contributed by atoms with van der Waals surface area (Å²) < 4.78 is 5.47. The molecule has 0 radical (unpaired) electrons. The van der Waals surface area contributed by atoms with Crippen LogP contribution in [-0.4, -0.2) is 53.2 Å². The molecule has 1 fully saturated rings. The second-order valence-corrected chi connectivity index (χ2v) is 7.34. The fraction of sp³-hybridized carbons (Fsp3) is 0.688. The minimum absolute atomic E-state index is 0.227. The van der Waals surface area contributed by atoms with Crippen LogP contribution in [0.4, 0.5) is 10.6 Å². The van der Waals surface area contributed by atoms with Crippen molar-refractivity contribution in [1.29, 1.82) is 0 Å². The zero-order valence-electron chi connectivity index (χ0n) is 14.3. The first-order chi connectivity index (χ1) is 10.7. The van der Waals surface area contributed by atoms with Crippen molar-refractivity contribution in [2.24, 2.45) is 5.92 Å². The maximum absolute atomic E-state index is 12.2. The Labute approximate surface area is 142 Å². The van der Waals surface area contributed by atoms with Gasteiger partial charge in [0.2, 0.25) is 5.28 Å². The summed E-state index contributed by atoms with van der Waals surface area (Å²) in [6.45, 7) is 7.94. The number of carbonyl (C=O) groups excluding carboxylic acids is 1. The molecule has 1 aliphatic heterocycles. The average molecular weight is 341 g/mol. The van der Waals surface area contributed by atoms with Gasteiger partial charge < -0.3 is 14.5 Å². The number of halogens is 1. The van der Waals surface area contributed by atoms with Crippen LogP contribution >= 0.6 is 11.6 Å². The van der Waals surface area contributed by atoms with Crippen LogP contribution < -0.4 is 4.90 Å². The minimum atomic E-state index is -0.460. The van der Waals surface area contributed by atoms with Crippen molar-refractivity contribution in [1.82, 2.24) is 14.9 Å². The van der Waals surface area contributed by atoms with Gasteiger partial charge in [0.05, 0.1) is 0 Å². The van der Waals surface area contributed by atoms with Crippen molar-refractivity contribution in [2.75, 3.05) is 31.6 Å². The topological polar surface area (TPSA) is 58.6 Å². The number of hydrogen-bond donors (Lipinski definition) is 0. The van der Waals surface area contributed by atoms with E-state index in [-0.39, 0.29) is 11.4 Å². The van der Waals surface area contributed by atoms with Crippen molar-refractivity contribution >= 4 is 23.5 Å². The van der Waals surface area contributed by atoms with E-state index in [4.69, 9.17) is 16.3 Å².